The van der Waals surface area contributed by atoms with E-state index >= 15 is 0 Å². The van der Waals surface area contributed by atoms with Crippen LogP contribution in [-0.4, -0.2) is 11.6 Å². The van der Waals surface area contributed by atoms with Crippen LogP contribution in [0.25, 0.3) is 0 Å². The molecule has 2 rings (SSSR count). The highest BCUT2D eigenvalue weighted by atomic mass is 16.1. The Bertz CT molecular complexity index is 786. The maximum absolute atomic E-state index is 11.8. The van der Waals surface area contributed by atoms with Gasteiger partial charge in [0.15, 0.2) is 0 Å². The summed E-state index contributed by atoms with van der Waals surface area (Å²) in [5.41, 5.74) is 5.00. The molecule has 0 aliphatic carbocycles. The first kappa shape index (κ1) is 24.6. The normalized spacial score (nSPS) is 11.2. The molecule has 0 saturated carbocycles. The molecule has 2 heteroatoms. The van der Waals surface area contributed by atoms with Gasteiger partial charge in [0.05, 0.1) is 0 Å². The summed E-state index contributed by atoms with van der Waals surface area (Å²) in [5, 5.41) is 0. The Morgan fingerprint density at radius 2 is 1.69 bits per heavy atom. The van der Waals surface area contributed by atoms with Crippen molar-refractivity contribution in [3.05, 3.63) is 83.4 Å². The number of carbonyl (C=O) groups excluding carboxylic acids is 2. The van der Waals surface area contributed by atoms with E-state index in [1.807, 2.05) is 30.3 Å². The first-order valence-corrected chi connectivity index (χ1v) is 10.6. The zero-order valence-electron chi connectivity index (χ0n) is 18.5. The average molecular weight is 399 g/mol. The minimum Gasteiger partial charge on any atom is -0.300 e. The molecule has 29 heavy (non-hydrogen) atoms. The van der Waals surface area contributed by atoms with E-state index in [9.17, 15) is 9.59 Å². The highest BCUT2D eigenvalue weighted by Crippen LogP contribution is 2.14. The summed E-state index contributed by atoms with van der Waals surface area (Å²) in [6.45, 7) is 11.6. The van der Waals surface area contributed by atoms with Crippen LogP contribution in [0.1, 0.15) is 66.6 Å². The first-order valence-electron chi connectivity index (χ1n) is 10.6. The van der Waals surface area contributed by atoms with Crippen LogP contribution in [0.15, 0.2) is 61.2 Å². The quantitative estimate of drug-likeness (QED) is 0.396. The molecule has 0 radical (unpaired) electrons. The number of aryl methyl sites for hydroxylation is 3. The Labute approximate surface area is 181 Å². The van der Waals surface area contributed by atoms with E-state index < -0.39 is 0 Å². The van der Waals surface area contributed by atoms with Crippen molar-refractivity contribution in [3.63, 3.8) is 0 Å². The number of carbonyl (C=O) groups is 2. The molecule has 0 heterocycles. The first-order chi connectivity index (χ1) is 13.8. The van der Waals surface area contributed by atoms with Gasteiger partial charge in [-0.1, -0.05) is 68.5 Å². The van der Waals surface area contributed by atoms with E-state index in [0.717, 1.165) is 24.8 Å². The molecular formula is C27H42O2. The van der Waals surface area contributed by atoms with E-state index in [2.05, 4.69) is 51.6 Å². The lowest BCUT2D eigenvalue weighted by atomic mass is 9.96. The molecule has 0 aliphatic rings. The fourth-order valence-corrected chi connectivity index (χ4v) is 3.20. The third-order valence-corrected chi connectivity index (χ3v) is 4.96. The maximum Gasteiger partial charge on any atom is 0.134 e. The number of ketones is 2. The van der Waals surface area contributed by atoms with Crippen LogP contribution in [0.4, 0.5) is 0 Å². The molecule has 0 aromatic heterocycles. The summed E-state index contributed by atoms with van der Waals surface area (Å²) in [5.74, 6) is 1.01. The minimum absolute atomic E-state index is 0. The molecule has 0 bridgehead atoms. The lowest BCUT2D eigenvalue weighted by Gasteiger charge is -2.08. The zero-order valence-corrected chi connectivity index (χ0v) is 18.5. The summed E-state index contributed by atoms with van der Waals surface area (Å²) in [7, 11) is 0. The summed E-state index contributed by atoms with van der Waals surface area (Å²) >= 11 is 0. The Hall–Kier alpha value is -2.48. The van der Waals surface area contributed by atoms with Gasteiger partial charge in [0.25, 0.3) is 0 Å². The Balaban J connectivity index is -0.000000503. The predicted molar refractivity (Wildman–Crippen MR) is 130 cm³/mol. The van der Waals surface area contributed by atoms with Gasteiger partial charge in [-0.2, -0.15) is 0 Å². The second-order valence-electron chi connectivity index (χ2n) is 7.85. The van der Waals surface area contributed by atoms with Gasteiger partial charge >= 0.3 is 0 Å². The summed E-state index contributed by atoms with van der Waals surface area (Å²) in [6, 6.07) is 16.5. The molecule has 0 fully saturated rings. The second-order valence-corrected chi connectivity index (χ2v) is 7.85. The molecule has 2 aromatic rings. The largest absolute Gasteiger partial charge is 0.300 e. The van der Waals surface area contributed by atoms with Crippen LogP contribution in [-0.2, 0) is 28.9 Å². The molecule has 1 atom stereocenters. The van der Waals surface area contributed by atoms with Gasteiger partial charge in [-0.25, -0.2) is 0 Å². The number of hydrogen-bond donors (Lipinski definition) is 0. The number of benzene rings is 2. The highest BCUT2D eigenvalue weighted by Gasteiger charge is 2.08. The topological polar surface area (TPSA) is 34.1 Å². The van der Waals surface area contributed by atoms with Gasteiger partial charge in [0, 0.05) is 23.5 Å². The number of allylic oxidation sites excluding steroid dienone is 1. The van der Waals surface area contributed by atoms with Crippen LogP contribution in [0.3, 0.4) is 0 Å². The van der Waals surface area contributed by atoms with Crippen molar-refractivity contribution in [1.29, 1.82) is 0 Å². The lowest BCUT2D eigenvalue weighted by molar-refractivity contribution is -0.120. The monoisotopic (exact) mass is 398 g/mol. The lowest BCUT2D eigenvalue weighted by Crippen LogP contribution is -2.06. The van der Waals surface area contributed by atoms with Gasteiger partial charge in [-0.05, 0) is 61.3 Å². The Morgan fingerprint density at radius 1 is 1.07 bits per heavy atom. The fourth-order valence-electron chi connectivity index (χ4n) is 3.20. The van der Waals surface area contributed by atoms with E-state index in [-0.39, 0.29) is 10.1 Å². The Morgan fingerprint density at radius 3 is 2.24 bits per heavy atom. The van der Waals surface area contributed by atoms with Gasteiger partial charge in [0.2, 0.25) is 0 Å². The summed E-state index contributed by atoms with van der Waals surface area (Å²) < 4.78 is 0. The molecule has 162 valence electrons. The highest BCUT2D eigenvalue weighted by molar-refractivity contribution is 5.79. The third-order valence-electron chi connectivity index (χ3n) is 4.96. The molecular weight excluding hydrogens is 356 g/mol. The van der Waals surface area contributed by atoms with E-state index in [0.29, 0.717) is 31.0 Å². The standard InChI is InChI=1S/C16H22O.C11H14O.3H2/c1-4-7-13(2)12-16(17)11-10-15-9-6-5-8-14(15)3;1-3-10-4-6-11(7-5-10)8-9(2)12;;;/h4-6,8-9,13H,1,7,10-12H2,2-3H3;4-7H,3,8H2,1-2H3;3*1H/t13-;;;;/m0..../s1. The molecule has 2 nitrogen and oxygen atoms in total. The van der Waals surface area contributed by atoms with Gasteiger partial charge in [-0.15, -0.1) is 6.58 Å². The Kier molecular flexibility index (Phi) is 11.6. The number of Topliss-reactive ketones (excluding diaryl/α,β-unsaturated/α-hetero) is 2. The fraction of sp³-hybridized carbons (Fsp3) is 0.407. The van der Waals surface area contributed by atoms with Crippen molar-refractivity contribution >= 4 is 11.6 Å². The van der Waals surface area contributed by atoms with Crippen LogP contribution >= 0.6 is 0 Å². The van der Waals surface area contributed by atoms with Crippen molar-refractivity contribution in [2.24, 2.45) is 5.92 Å². The smallest absolute Gasteiger partial charge is 0.134 e. The van der Waals surface area contributed by atoms with Crippen molar-refractivity contribution in [1.82, 2.24) is 0 Å². The predicted octanol–water partition coefficient (Wildman–Crippen LogP) is 7.22. The van der Waals surface area contributed by atoms with E-state index in [1.54, 1.807) is 6.92 Å². The van der Waals surface area contributed by atoms with Gasteiger partial charge in [-0.3, -0.25) is 9.59 Å². The molecule has 0 N–H and O–H groups in total. The van der Waals surface area contributed by atoms with E-state index in [1.165, 1.54) is 16.7 Å². The van der Waals surface area contributed by atoms with Crippen molar-refractivity contribution in [3.8, 4) is 0 Å². The molecule has 0 aliphatic heterocycles. The second kappa shape index (κ2) is 13.7. The van der Waals surface area contributed by atoms with Gasteiger partial charge in [0.1, 0.15) is 11.6 Å². The van der Waals surface area contributed by atoms with Crippen LogP contribution in [0.2, 0.25) is 0 Å². The SMILES string of the molecule is C=CC[C@H](C)CC(=O)CCc1ccccc1C.CCc1ccc(CC(C)=O)cc1.[HH].[HH].[HH]. The van der Waals surface area contributed by atoms with Crippen molar-refractivity contribution in [2.45, 2.75) is 66.2 Å². The number of hydrogen-bond acceptors (Lipinski definition) is 2. The van der Waals surface area contributed by atoms with Crippen molar-refractivity contribution < 1.29 is 13.9 Å². The van der Waals surface area contributed by atoms with Crippen LogP contribution < -0.4 is 0 Å². The van der Waals surface area contributed by atoms with Gasteiger partial charge < -0.3 is 0 Å². The average Bonchev–Trinajstić information content (AvgIpc) is 2.68. The zero-order chi connectivity index (χ0) is 21.6. The molecule has 0 spiro atoms. The molecule has 0 amide bonds. The molecule has 0 unspecified atom stereocenters. The molecule has 0 saturated heterocycles. The molecule has 2 aromatic carbocycles. The van der Waals surface area contributed by atoms with Crippen molar-refractivity contribution in [2.75, 3.05) is 0 Å². The third kappa shape index (κ3) is 10.6. The maximum atomic E-state index is 11.8. The van der Waals surface area contributed by atoms with Crippen LogP contribution in [0.5, 0.6) is 0 Å². The summed E-state index contributed by atoms with van der Waals surface area (Å²) in [6.07, 6.45) is 6.64. The van der Waals surface area contributed by atoms with Crippen LogP contribution in [0, 0.1) is 12.8 Å². The number of rotatable bonds is 10. The summed E-state index contributed by atoms with van der Waals surface area (Å²) in [4.78, 5) is 22.5. The minimum atomic E-state index is 0. The van der Waals surface area contributed by atoms with E-state index in [4.69, 9.17) is 0 Å².